The molecule has 6 heteroatoms. The summed E-state index contributed by atoms with van der Waals surface area (Å²) in [6, 6.07) is 4.81. The maximum absolute atomic E-state index is 11.3. The molecule has 1 N–H and O–H groups in total. The Labute approximate surface area is 125 Å². The maximum Gasteiger partial charge on any atom is 0.137 e. The summed E-state index contributed by atoms with van der Waals surface area (Å²) in [4.78, 5) is 19.6. The van der Waals surface area contributed by atoms with Crippen LogP contribution in [0.4, 0.5) is 5.82 Å². The molecule has 0 saturated carbocycles. The van der Waals surface area contributed by atoms with Gasteiger partial charge in [0, 0.05) is 9.86 Å². The number of halogens is 1. The summed E-state index contributed by atoms with van der Waals surface area (Å²) in [5.74, 6) is -0.677. The number of carboxylic acids is 1. The second kappa shape index (κ2) is 6.17. The third kappa shape index (κ3) is 3.07. The highest BCUT2D eigenvalue weighted by atomic mass is 79.9. The quantitative estimate of drug-likeness (QED) is 0.903. The fourth-order valence-electron chi connectivity index (χ4n) is 1.96. The first-order chi connectivity index (χ1) is 9.52. The first-order valence-corrected chi connectivity index (χ1v) is 7.20. The summed E-state index contributed by atoms with van der Waals surface area (Å²) in [6.45, 7) is 3.81. The Kier molecular flexibility index (Phi) is 4.54. The molecule has 2 rings (SSSR count). The largest absolute Gasteiger partial charge is 0.548 e. The van der Waals surface area contributed by atoms with Gasteiger partial charge in [0.05, 0.1) is 17.5 Å². The molecule has 0 fully saturated rings. The molecule has 2 aromatic rings. The van der Waals surface area contributed by atoms with E-state index in [1.54, 1.807) is 0 Å². The second-order valence-electron chi connectivity index (χ2n) is 4.71. The third-order valence-corrected chi connectivity index (χ3v) is 3.85. The lowest BCUT2D eigenvalue weighted by atomic mass is 9.99. The van der Waals surface area contributed by atoms with Crippen molar-refractivity contribution in [2.45, 2.75) is 26.3 Å². The Morgan fingerprint density at radius 3 is 2.85 bits per heavy atom. The van der Waals surface area contributed by atoms with Crippen molar-refractivity contribution in [1.82, 2.24) is 9.97 Å². The van der Waals surface area contributed by atoms with Crippen molar-refractivity contribution < 1.29 is 9.90 Å². The van der Waals surface area contributed by atoms with Gasteiger partial charge in [-0.15, -0.1) is 0 Å². The zero-order valence-electron chi connectivity index (χ0n) is 11.3. The van der Waals surface area contributed by atoms with E-state index in [4.69, 9.17) is 0 Å². The number of aliphatic carboxylic acids is 1. The molecular weight excluding hydrogens is 322 g/mol. The molecule has 0 spiro atoms. The topological polar surface area (TPSA) is 77.9 Å². The van der Waals surface area contributed by atoms with Crippen molar-refractivity contribution in [3.05, 3.63) is 29.0 Å². The summed E-state index contributed by atoms with van der Waals surface area (Å²) in [6.07, 6.45) is 2.15. The number of carbonyl (C=O) groups excluding carboxylic acids is 1. The van der Waals surface area contributed by atoms with Crippen LogP contribution in [0.3, 0.4) is 0 Å². The lowest BCUT2D eigenvalue weighted by molar-refractivity contribution is -0.307. The fourth-order valence-corrected chi connectivity index (χ4v) is 2.32. The predicted octanol–water partition coefficient (Wildman–Crippen LogP) is 1.97. The smallest absolute Gasteiger partial charge is 0.137 e. The molecule has 0 saturated heterocycles. The van der Waals surface area contributed by atoms with Crippen LogP contribution >= 0.6 is 15.9 Å². The van der Waals surface area contributed by atoms with Crippen molar-refractivity contribution in [3.63, 3.8) is 0 Å². The van der Waals surface area contributed by atoms with Gasteiger partial charge in [-0.2, -0.15) is 0 Å². The number of nitrogens with one attached hydrogen (secondary N) is 1. The third-order valence-electron chi connectivity index (χ3n) is 3.36. The molecule has 0 aliphatic rings. The summed E-state index contributed by atoms with van der Waals surface area (Å²) >= 11 is 3.39. The average molecular weight is 337 g/mol. The minimum atomic E-state index is -1.12. The summed E-state index contributed by atoms with van der Waals surface area (Å²) in [7, 11) is 0. The van der Waals surface area contributed by atoms with Crippen LogP contribution in [0.2, 0.25) is 0 Å². The van der Waals surface area contributed by atoms with Crippen LogP contribution in [-0.2, 0) is 4.79 Å². The SMILES string of the molecule is CC[C@@H](C)[C@@H](Nc1ncnc2ccc(Br)cc12)C(=O)[O-]. The van der Waals surface area contributed by atoms with Crippen LogP contribution in [0.25, 0.3) is 10.9 Å². The van der Waals surface area contributed by atoms with Crippen LogP contribution < -0.4 is 10.4 Å². The van der Waals surface area contributed by atoms with Gasteiger partial charge in [0.2, 0.25) is 0 Å². The molecule has 0 bridgehead atoms. The number of rotatable bonds is 5. The van der Waals surface area contributed by atoms with Gasteiger partial charge in [0.25, 0.3) is 0 Å². The highest BCUT2D eigenvalue weighted by Crippen LogP contribution is 2.24. The molecule has 0 amide bonds. The standard InChI is InChI=1S/C14H16BrN3O2/c1-3-8(2)12(14(19)20)18-13-10-6-9(15)4-5-11(10)16-7-17-13/h4-8,12H,3H2,1-2H3,(H,19,20)(H,16,17,18)/p-1/t8-,12-/m1/s1. The number of aromatic nitrogens is 2. The van der Waals surface area contributed by atoms with Crippen LogP contribution in [0.1, 0.15) is 20.3 Å². The van der Waals surface area contributed by atoms with Crippen LogP contribution in [0.5, 0.6) is 0 Å². The maximum atomic E-state index is 11.3. The van der Waals surface area contributed by atoms with Gasteiger partial charge in [0.1, 0.15) is 12.1 Å². The van der Waals surface area contributed by atoms with Crippen LogP contribution in [0, 0.1) is 5.92 Å². The lowest BCUT2D eigenvalue weighted by Crippen LogP contribution is -2.45. The van der Waals surface area contributed by atoms with Crippen molar-refractivity contribution in [2.24, 2.45) is 5.92 Å². The zero-order chi connectivity index (χ0) is 14.7. The molecule has 106 valence electrons. The number of carbonyl (C=O) groups is 1. The number of carboxylic acid groups (broad SMARTS) is 1. The molecule has 1 heterocycles. The van der Waals surface area contributed by atoms with E-state index in [9.17, 15) is 9.90 Å². The van der Waals surface area contributed by atoms with Gasteiger partial charge >= 0.3 is 0 Å². The van der Waals surface area contributed by atoms with Gasteiger partial charge in [0.15, 0.2) is 0 Å². The second-order valence-corrected chi connectivity index (χ2v) is 5.63. The summed E-state index contributed by atoms with van der Waals surface area (Å²) in [5, 5.41) is 15.0. The molecule has 0 aliphatic carbocycles. The van der Waals surface area contributed by atoms with E-state index in [1.165, 1.54) is 6.33 Å². The number of hydrogen-bond acceptors (Lipinski definition) is 5. The zero-order valence-corrected chi connectivity index (χ0v) is 12.8. The van der Waals surface area contributed by atoms with E-state index in [1.807, 2.05) is 32.0 Å². The Morgan fingerprint density at radius 1 is 1.45 bits per heavy atom. The van der Waals surface area contributed by atoms with Crippen molar-refractivity contribution in [3.8, 4) is 0 Å². The summed E-state index contributed by atoms with van der Waals surface area (Å²) < 4.78 is 0.886. The number of anilines is 1. The summed E-state index contributed by atoms with van der Waals surface area (Å²) in [5.41, 5.74) is 0.756. The minimum absolute atomic E-state index is 0.0582. The number of fused-ring (bicyclic) bond motifs is 1. The Morgan fingerprint density at radius 2 is 2.20 bits per heavy atom. The molecular formula is C14H15BrN3O2-. The molecule has 0 unspecified atom stereocenters. The molecule has 0 aliphatic heterocycles. The van der Waals surface area contributed by atoms with E-state index in [0.717, 1.165) is 21.8 Å². The van der Waals surface area contributed by atoms with Crippen molar-refractivity contribution in [2.75, 3.05) is 5.32 Å². The van der Waals surface area contributed by atoms with E-state index in [2.05, 4.69) is 31.2 Å². The first-order valence-electron chi connectivity index (χ1n) is 6.40. The van der Waals surface area contributed by atoms with E-state index < -0.39 is 12.0 Å². The number of nitrogens with zero attached hydrogens (tertiary/aromatic N) is 2. The van der Waals surface area contributed by atoms with Gasteiger partial charge < -0.3 is 15.2 Å². The highest BCUT2D eigenvalue weighted by Gasteiger charge is 2.18. The number of hydrogen-bond donors (Lipinski definition) is 1. The Bertz CT molecular complexity index is 633. The van der Waals surface area contributed by atoms with Crippen molar-refractivity contribution in [1.29, 1.82) is 0 Å². The van der Waals surface area contributed by atoms with E-state index >= 15 is 0 Å². The van der Waals surface area contributed by atoms with Gasteiger partial charge in [-0.05, 0) is 24.1 Å². The predicted molar refractivity (Wildman–Crippen MR) is 79.1 cm³/mol. The monoisotopic (exact) mass is 336 g/mol. The molecule has 1 aromatic carbocycles. The lowest BCUT2D eigenvalue weighted by Gasteiger charge is -2.26. The van der Waals surface area contributed by atoms with Gasteiger partial charge in [-0.1, -0.05) is 36.2 Å². The van der Waals surface area contributed by atoms with Crippen LogP contribution in [-0.4, -0.2) is 22.0 Å². The van der Waals surface area contributed by atoms with E-state index in [0.29, 0.717) is 5.82 Å². The molecule has 1 aromatic heterocycles. The molecule has 0 radical (unpaired) electrons. The number of benzene rings is 1. The molecule has 20 heavy (non-hydrogen) atoms. The highest BCUT2D eigenvalue weighted by molar-refractivity contribution is 9.10. The van der Waals surface area contributed by atoms with E-state index in [-0.39, 0.29) is 5.92 Å². The first kappa shape index (κ1) is 14.7. The minimum Gasteiger partial charge on any atom is -0.548 e. The Hall–Kier alpha value is -1.69. The van der Waals surface area contributed by atoms with Crippen molar-refractivity contribution >= 4 is 38.6 Å². The van der Waals surface area contributed by atoms with Crippen LogP contribution in [0.15, 0.2) is 29.0 Å². The molecule has 2 atom stereocenters. The normalized spacial score (nSPS) is 13.9. The average Bonchev–Trinajstić information content (AvgIpc) is 2.43. The molecule has 5 nitrogen and oxygen atoms in total. The van der Waals surface area contributed by atoms with Gasteiger partial charge in [-0.25, -0.2) is 9.97 Å². The Balaban J connectivity index is 2.42. The fraction of sp³-hybridized carbons (Fsp3) is 0.357. The van der Waals surface area contributed by atoms with Gasteiger partial charge in [-0.3, -0.25) is 0 Å².